The second-order valence-electron chi connectivity index (χ2n) is 10.2. The first-order valence-corrected chi connectivity index (χ1v) is 15.2. The summed E-state index contributed by atoms with van der Waals surface area (Å²) in [6.45, 7) is 0.656. The molecule has 0 radical (unpaired) electrons. The third-order valence-electron chi connectivity index (χ3n) is 7.39. The number of fused-ring (bicyclic) bond motifs is 2. The SMILES string of the molecule is O=C(Nc1ccccc1)c1c(N=Cc2cn(Cc3ccc(Cl)c(Cl)c3)c3ccccc23)sc2c1CCCCCC2. The van der Waals surface area contributed by atoms with Crippen LogP contribution in [0.15, 0.2) is 84.0 Å². The Morgan fingerprint density at radius 3 is 2.52 bits per heavy atom. The second kappa shape index (κ2) is 12.0. The Morgan fingerprint density at radius 1 is 0.925 bits per heavy atom. The number of rotatable bonds is 6. The predicted molar refractivity (Wildman–Crippen MR) is 169 cm³/mol. The Bertz CT molecular complexity index is 1700. The van der Waals surface area contributed by atoms with Crippen LogP contribution in [0.4, 0.5) is 10.7 Å². The van der Waals surface area contributed by atoms with Crippen LogP contribution in [0.5, 0.6) is 0 Å². The predicted octanol–water partition coefficient (Wildman–Crippen LogP) is 9.72. The summed E-state index contributed by atoms with van der Waals surface area (Å²) in [5, 5.41) is 6.09. The van der Waals surface area contributed by atoms with Crippen molar-refractivity contribution in [2.45, 2.75) is 45.1 Å². The van der Waals surface area contributed by atoms with Crippen LogP contribution in [-0.2, 0) is 19.4 Å². The second-order valence-corrected chi connectivity index (χ2v) is 12.1. The minimum atomic E-state index is -0.0848. The fourth-order valence-corrected chi connectivity index (χ4v) is 6.97. The number of hydrogen-bond acceptors (Lipinski definition) is 3. The van der Waals surface area contributed by atoms with Gasteiger partial charge in [-0.1, -0.05) is 78.5 Å². The molecule has 0 fully saturated rings. The van der Waals surface area contributed by atoms with Crippen LogP contribution in [0.1, 0.15) is 57.6 Å². The van der Waals surface area contributed by atoms with Gasteiger partial charge in [0.1, 0.15) is 5.00 Å². The third-order valence-corrected chi connectivity index (χ3v) is 9.33. The molecule has 2 heterocycles. The standard InChI is InChI=1S/C33H29Cl2N3OS/c34-27-17-16-22(18-28(27)35)20-38-21-23(25-12-8-9-14-29(25)38)19-36-33-31(32(39)37-24-10-4-3-5-11-24)26-13-6-1-2-7-15-30(26)40-33/h3-5,8-12,14,16-19,21H,1-2,6-7,13,15,20H2,(H,37,39). The van der Waals surface area contributed by atoms with Crippen LogP contribution >= 0.6 is 34.5 Å². The van der Waals surface area contributed by atoms with Gasteiger partial charge in [-0.05, 0) is 67.1 Å². The number of aliphatic imine (C=N–C) groups is 1. The number of thiophene rings is 1. The van der Waals surface area contributed by atoms with Crippen LogP contribution in [0, 0.1) is 0 Å². The Labute approximate surface area is 248 Å². The van der Waals surface area contributed by atoms with Gasteiger partial charge in [0.2, 0.25) is 0 Å². The number of hydrogen-bond donors (Lipinski definition) is 1. The summed E-state index contributed by atoms with van der Waals surface area (Å²) < 4.78 is 2.20. The molecule has 1 N–H and O–H groups in total. The molecule has 4 nitrogen and oxygen atoms in total. The third kappa shape index (κ3) is 5.73. The molecule has 3 aromatic carbocycles. The largest absolute Gasteiger partial charge is 0.342 e. The molecule has 0 bridgehead atoms. The minimum absolute atomic E-state index is 0.0848. The maximum atomic E-state index is 13.6. The number of halogens is 2. The van der Waals surface area contributed by atoms with Crippen molar-refractivity contribution in [3.63, 3.8) is 0 Å². The van der Waals surface area contributed by atoms with Crippen LogP contribution in [-0.4, -0.2) is 16.7 Å². The van der Waals surface area contributed by atoms with Crippen molar-refractivity contribution < 1.29 is 4.79 Å². The zero-order chi connectivity index (χ0) is 27.5. The molecular formula is C33H29Cl2N3OS. The number of para-hydroxylation sites is 2. The zero-order valence-corrected chi connectivity index (χ0v) is 24.3. The highest BCUT2D eigenvalue weighted by Crippen LogP contribution is 2.39. The highest BCUT2D eigenvalue weighted by atomic mass is 35.5. The van der Waals surface area contributed by atoms with Crippen molar-refractivity contribution in [2.75, 3.05) is 5.32 Å². The fourth-order valence-electron chi connectivity index (χ4n) is 5.42. The summed E-state index contributed by atoms with van der Waals surface area (Å²) in [5.41, 5.74) is 5.87. The maximum absolute atomic E-state index is 13.6. The van der Waals surface area contributed by atoms with E-state index in [4.69, 9.17) is 28.2 Å². The lowest BCUT2D eigenvalue weighted by atomic mass is 9.96. The van der Waals surface area contributed by atoms with Crippen molar-refractivity contribution in [2.24, 2.45) is 4.99 Å². The monoisotopic (exact) mass is 585 g/mol. The number of nitrogens with one attached hydrogen (secondary N) is 1. The lowest BCUT2D eigenvalue weighted by molar-refractivity contribution is 0.102. The molecule has 0 atom stereocenters. The number of aromatic nitrogens is 1. The Hall–Kier alpha value is -3.38. The smallest absolute Gasteiger partial charge is 0.259 e. The van der Waals surface area contributed by atoms with Crippen molar-refractivity contribution in [3.8, 4) is 0 Å². The number of aryl methyl sites for hydroxylation is 1. The molecule has 6 rings (SSSR count). The molecule has 2 aromatic heterocycles. The van der Waals surface area contributed by atoms with Gasteiger partial charge in [-0.3, -0.25) is 4.79 Å². The molecule has 202 valence electrons. The number of nitrogens with zero attached hydrogens (tertiary/aromatic N) is 2. The van der Waals surface area contributed by atoms with Gasteiger partial charge >= 0.3 is 0 Å². The zero-order valence-electron chi connectivity index (χ0n) is 22.0. The Kier molecular flexibility index (Phi) is 8.05. The van der Waals surface area contributed by atoms with E-state index >= 15 is 0 Å². The first-order chi connectivity index (χ1) is 19.6. The van der Waals surface area contributed by atoms with Gasteiger partial charge < -0.3 is 9.88 Å². The molecule has 40 heavy (non-hydrogen) atoms. The fraction of sp³-hybridized carbons (Fsp3) is 0.212. The summed E-state index contributed by atoms with van der Waals surface area (Å²) >= 11 is 14.1. The van der Waals surface area contributed by atoms with Crippen molar-refractivity contribution in [1.82, 2.24) is 4.57 Å². The minimum Gasteiger partial charge on any atom is -0.342 e. The summed E-state index contributed by atoms with van der Waals surface area (Å²) in [7, 11) is 0. The van der Waals surface area contributed by atoms with Crippen molar-refractivity contribution >= 4 is 68.3 Å². The van der Waals surface area contributed by atoms with E-state index in [0.717, 1.165) is 64.0 Å². The van der Waals surface area contributed by atoms with Gasteiger partial charge in [-0.2, -0.15) is 0 Å². The normalized spacial score (nSPS) is 13.8. The summed E-state index contributed by atoms with van der Waals surface area (Å²) in [6.07, 6.45) is 10.6. The van der Waals surface area contributed by atoms with Crippen molar-refractivity contribution in [3.05, 3.63) is 116 Å². The molecule has 0 aliphatic heterocycles. The first kappa shape index (κ1) is 26.8. The molecule has 5 aromatic rings. The van der Waals surface area contributed by atoms with E-state index in [0.29, 0.717) is 16.6 Å². The molecule has 0 spiro atoms. The molecule has 0 saturated carbocycles. The van der Waals surface area contributed by atoms with Crippen LogP contribution < -0.4 is 5.32 Å². The topological polar surface area (TPSA) is 46.4 Å². The van der Waals surface area contributed by atoms with Gasteiger partial charge in [-0.25, -0.2) is 4.99 Å². The van der Waals surface area contributed by atoms with Crippen LogP contribution in [0.3, 0.4) is 0 Å². The van der Waals surface area contributed by atoms with E-state index in [1.165, 1.54) is 23.3 Å². The highest BCUT2D eigenvalue weighted by molar-refractivity contribution is 7.16. The molecular weight excluding hydrogens is 557 g/mol. The quantitative estimate of drug-likeness (QED) is 0.198. The average Bonchev–Trinajstić information content (AvgIpc) is 3.47. The molecule has 1 aliphatic carbocycles. The Morgan fingerprint density at radius 2 is 1.70 bits per heavy atom. The first-order valence-electron chi connectivity index (χ1n) is 13.6. The highest BCUT2D eigenvalue weighted by Gasteiger charge is 2.24. The Balaban J connectivity index is 1.37. The van der Waals surface area contributed by atoms with Crippen LogP contribution in [0.2, 0.25) is 10.0 Å². The average molecular weight is 587 g/mol. The summed E-state index contributed by atoms with van der Waals surface area (Å²) in [6, 6.07) is 23.7. The number of carbonyl (C=O) groups excluding carboxylic acids is 1. The molecule has 0 unspecified atom stereocenters. The molecule has 0 saturated heterocycles. The van der Waals surface area contributed by atoms with E-state index in [1.807, 2.05) is 66.9 Å². The van der Waals surface area contributed by atoms with Gasteiger partial charge in [0.15, 0.2) is 0 Å². The lowest BCUT2D eigenvalue weighted by Crippen LogP contribution is -2.14. The van der Waals surface area contributed by atoms with E-state index in [2.05, 4.69) is 28.2 Å². The summed E-state index contributed by atoms with van der Waals surface area (Å²) in [4.78, 5) is 19.9. The van der Waals surface area contributed by atoms with Gasteiger partial charge in [0, 0.05) is 46.0 Å². The van der Waals surface area contributed by atoms with Crippen molar-refractivity contribution in [1.29, 1.82) is 0 Å². The van der Waals surface area contributed by atoms with Gasteiger partial charge in [0.05, 0.1) is 15.6 Å². The van der Waals surface area contributed by atoms with E-state index < -0.39 is 0 Å². The molecule has 7 heteroatoms. The molecule has 1 amide bonds. The van der Waals surface area contributed by atoms with Crippen LogP contribution in [0.25, 0.3) is 10.9 Å². The number of amides is 1. The lowest BCUT2D eigenvalue weighted by Gasteiger charge is -2.12. The maximum Gasteiger partial charge on any atom is 0.259 e. The number of benzene rings is 3. The van der Waals surface area contributed by atoms with Gasteiger partial charge in [0.25, 0.3) is 5.91 Å². The number of anilines is 1. The van der Waals surface area contributed by atoms with E-state index in [9.17, 15) is 4.79 Å². The summed E-state index contributed by atoms with van der Waals surface area (Å²) in [5.74, 6) is -0.0848. The van der Waals surface area contributed by atoms with E-state index in [1.54, 1.807) is 11.3 Å². The van der Waals surface area contributed by atoms with Gasteiger partial charge in [-0.15, -0.1) is 11.3 Å². The molecule has 1 aliphatic rings. The number of carbonyl (C=O) groups is 1. The van der Waals surface area contributed by atoms with E-state index in [-0.39, 0.29) is 5.91 Å².